The zero-order valence-electron chi connectivity index (χ0n) is 36.4. The monoisotopic (exact) mass is 874 g/mol. The number of thiazole rings is 1. The number of likely N-dealkylation sites (tertiary alicyclic amines) is 2. The summed E-state index contributed by atoms with van der Waals surface area (Å²) in [5, 5.41) is 40.2. The summed E-state index contributed by atoms with van der Waals surface area (Å²) in [6, 6.07) is 15.7. The molecule has 1 aliphatic carbocycles. The third-order valence-electron chi connectivity index (χ3n) is 13.1. The number of nitrogens with one attached hydrogen (secondary N) is 2. The number of aromatic nitrogens is 5. The van der Waals surface area contributed by atoms with Crippen molar-refractivity contribution < 1.29 is 24.6 Å². The summed E-state index contributed by atoms with van der Waals surface area (Å²) < 4.78 is 2.02. The van der Waals surface area contributed by atoms with E-state index in [1.807, 2.05) is 80.5 Å². The standard InChI is InChI=1S/C47H58N10O5S/c1-28-41(63-27-50-28)30-11-9-29(10-12-30)23-49-45(61)39-21-35(58)26-56(39)46(62)42(47(2,3)4)52-44(60)31-13-15-33(16-14-31)55-19-17-34(18-20-55)57-25-32(24-51-57)37-22-38(53-54-43(37)48)36-7-5-6-8-40(36)59/h5-12,22,24-25,27,31,33-35,39,42,58-59H,13-21,23,26H2,1-4H3,(H2,48,54)(H,49,61)(H,52,60)/t31?,33?,35-,39+,42-/m1/s1. The van der Waals surface area contributed by atoms with Gasteiger partial charge in [0.05, 0.1) is 40.1 Å². The number of hydrogen-bond donors (Lipinski definition) is 5. The van der Waals surface area contributed by atoms with E-state index in [9.17, 15) is 24.6 Å². The smallest absolute Gasteiger partial charge is 0.246 e. The molecule has 3 fully saturated rings. The van der Waals surface area contributed by atoms with E-state index < -0.39 is 23.6 Å². The topological polar surface area (TPSA) is 205 Å². The SMILES string of the molecule is Cc1ncsc1-c1ccc(CNC(=O)[C@@H]2C[C@@H](O)CN2C(=O)[C@@H](NC(=O)C2CCC(N3CCC(n4cc(-c5cc(-c6ccccc6O)nnc5N)cn4)CC3)CC2)C(C)(C)C)cc1. The number of para-hydroxylation sites is 1. The van der Waals surface area contributed by atoms with E-state index in [2.05, 4.69) is 30.7 Å². The number of aromatic hydroxyl groups is 1. The second kappa shape index (κ2) is 18.6. The number of β-amino-alcohol motifs (C(OH)–C–C–N with tert-alkyl or cyclic N) is 1. The Kier molecular flexibility index (Phi) is 12.9. The number of hydrogen-bond acceptors (Lipinski definition) is 12. The van der Waals surface area contributed by atoms with Gasteiger partial charge in [-0.2, -0.15) is 5.10 Å². The van der Waals surface area contributed by atoms with Crippen LogP contribution in [0.2, 0.25) is 0 Å². The predicted octanol–water partition coefficient (Wildman–Crippen LogP) is 5.73. The fraction of sp³-hybridized carbons (Fsp3) is 0.468. The summed E-state index contributed by atoms with van der Waals surface area (Å²) in [5.74, 6) is -0.607. The normalized spacial score (nSPS) is 21.6. The van der Waals surface area contributed by atoms with Crippen molar-refractivity contribution in [3.8, 4) is 38.6 Å². The van der Waals surface area contributed by atoms with Crippen molar-refractivity contribution in [1.82, 2.24) is 45.4 Å². The van der Waals surface area contributed by atoms with Crippen molar-refractivity contribution in [3.05, 3.63) is 83.8 Å². The number of rotatable bonds is 11. The van der Waals surface area contributed by atoms with Crippen LogP contribution < -0.4 is 16.4 Å². The van der Waals surface area contributed by atoms with Gasteiger partial charge in [-0.1, -0.05) is 57.2 Å². The van der Waals surface area contributed by atoms with Gasteiger partial charge in [0.25, 0.3) is 0 Å². The highest BCUT2D eigenvalue weighted by Gasteiger charge is 2.45. The van der Waals surface area contributed by atoms with Gasteiger partial charge in [-0.25, -0.2) is 4.98 Å². The lowest BCUT2D eigenvalue weighted by Crippen LogP contribution is -2.58. The molecule has 0 spiro atoms. The molecular weight excluding hydrogens is 817 g/mol. The molecule has 1 saturated carbocycles. The Morgan fingerprint density at radius 1 is 0.921 bits per heavy atom. The summed E-state index contributed by atoms with van der Waals surface area (Å²) in [7, 11) is 0. The van der Waals surface area contributed by atoms with E-state index in [1.54, 1.807) is 35.7 Å². The number of nitrogens with two attached hydrogens (primary N) is 1. The average molecular weight is 875 g/mol. The lowest BCUT2D eigenvalue weighted by molar-refractivity contribution is -0.144. The molecule has 2 aliphatic heterocycles. The number of phenols is 1. The van der Waals surface area contributed by atoms with Crippen LogP contribution in [0.4, 0.5) is 5.82 Å². The number of amides is 3. The molecule has 6 N–H and O–H groups in total. The van der Waals surface area contributed by atoms with Crippen LogP contribution >= 0.6 is 11.3 Å². The van der Waals surface area contributed by atoms with Crippen molar-refractivity contribution in [2.75, 3.05) is 25.4 Å². The van der Waals surface area contributed by atoms with Crippen molar-refractivity contribution in [2.24, 2.45) is 11.3 Å². The first-order valence-corrected chi connectivity index (χ1v) is 22.9. The number of carbonyl (C=O) groups excluding carboxylic acids is 3. The number of piperidine rings is 1. The highest BCUT2D eigenvalue weighted by molar-refractivity contribution is 7.13. The first-order valence-electron chi connectivity index (χ1n) is 22.0. The Bertz CT molecular complexity index is 2410. The molecule has 16 heteroatoms. The number of aliphatic hydroxyl groups is 1. The van der Waals surface area contributed by atoms with Gasteiger partial charge in [-0.15, -0.1) is 21.5 Å². The van der Waals surface area contributed by atoms with E-state index in [1.165, 1.54) is 4.90 Å². The van der Waals surface area contributed by atoms with Crippen LogP contribution in [0.1, 0.15) is 83.0 Å². The molecule has 0 bridgehead atoms. The largest absolute Gasteiger partial charge is 0.507 e. The predicted molar refractivity (Wildman–Crippen MR) is 242 cm³/mol. The van der Waals surface area contributed by atoms with Crippen LogP contribution in [0, 0.1) is 18.3 Å². The maximum absolute atomic E-state index is 14.3. The zero-order valence-corrected chi connectivity index (χ0v) is 37.2. The number of carbonyl (C=O) groups is 3. The van der Waals surface area contributed by atoms with Crippen molar-refractivity contribution in [2.45, 2.75) is 109 Å². The fourth-order valence-corrected chi connectivity index (χ4v) is 10.2. The number of anilines is 1. The lowest BCUT2D eigenvalue weighted by atomic mass is 9.82. The van der Waals surface area contributed by atoms with Crippen molar-refractivity contribution in [1.29, 1.82) is 0 Å². The van der Waals surface area contributed by atoms with Crippen LogP contribution in [0.5, 0.6) is 5.75 Å². The summed E-state index contributed by atoms with van der Waals surface area (Å²) >= 11 is 1.59. The molecule has 332 valence electrons. The molecule has 8 rings (SSSR count). The second-order valence-corrected chi connectivity index (χ2v) is 19.3. The quantitative estimate of drug-likeness (QED) is 0.108. The Labute approximate surface area is 372 Å². The van der Waals surface area contributed by atoms with Crippen LogP contribution in [-0.2, 0) is 20.9 Å². The van der Waals surface area contributed by atoms with Crippen LogP contribution in [0.15, 0.2) is 72.5 Å². The Balaban J connectivity index is 0.821. The van der Waals surface area contributed by atoms with E-state index >= 15 is 0 Å². The minimum atomic E-state index is -0.863. The van der Waals surface area contributed by atoms with Crippen molar-refractivity contribution in [3.63, 3.8) is 0 Å². The molecule has 2 aromatic carbocycles. The van der Waals surface area contributed by atoms with Crippen LogP contribution in [0.3, 0.4) is 0 Å². The molecule has 63 heavy (non-hydrogen) atoms. The molecule has 5 heterocycles. The molecule has 3 aliphatic rings. The molecule has 5 aromatic rings. The fourth-order valence-electron chi connectivity index (χ4n) is 9.39. The molecule has 0 radical (unpaired) electrons. The number of phenolic OH excluding ortho intramolecular Hbond substituents is 1. The van der Waals surface area contributed by atoms with E-state index in [-0.39, 0.29) is 54.9 Å². The molecule has 15 nitrogen and oxygen atoms in total. The molecule has 3 aromatic heterocycles. The Morgan fingerprint density at radius 2 is 1.65 bits per heavy atom. The zero-order chi connectivity index (χ0) is 44.4. The molecule has 3 atom stereocenters. The second-order valence-electron chi connectivity index (χ2n) is 18.4. The van der Waals surface area contributed by atoms with Gasteiger partial charge < -0.3 is 36.4 Å². The minimum Gasteiger partial charge on any atom is -0.507 e. The minimum absolute atomic E-state index is 0.0319. The van der Waals surface area contributed by atoms with Crippen molar-refractivity contribution >= 4 is 34.9 Å². The number of aryl methyl sites for hydroxylation is 1. The van der Waals surface area contributed by atoms with E-state index in [4.69, 9.17) is 10.8 Å². The molecule has 0 unspecified atom stereocenters. The lowest BCUT2D eigenvalue weighted by Gasteiger charge is -2.41. The van der Waals surface area contributed by atoms with Gasteiger partial charge in [0, 0.05) is 67.4 Å². The van der Waals surface area contributed by atoms with Gasteiger partial charge in [0.2, 0.25) is 17.7 Å². The summed E-state index contributed by atoms with van der Waals surface area (Å²) in [5.41, 5.74) is 13.1. The van der Waals surface area contributed by atoms with E-state index in [0.29, 0.717) is 28.7 Å². The number of benzene rings is 2. The van der Waals surface area contributed by atoms with Crippen LogP contribution in [0.25, 0.3) is 32.8 Å². The number of aliphatic hydroxyl groups excluding tert-OH is 1. The van der Waals surface area contributed by atoms with Gasteiger partial charge in [0.15, 0.2) is 5.82 Å². The van der Waals surface area contributed by atoms with Gasteiger partial charge in [0.1, 0.15) is 17.8 Å². The third kappa shape index (κ3) is 9.77. The summed E-state index contributed by atoms with van der Waals surface area (Å²) in [6.07, 6.45) is 8.23. The first kappa shape index (κ1) is 43.9. The highest BCUT2D eigenvalue weighted by atomic mass is 32.1. The number of nitrogen functional groups attached to an aromatic ring is 1. The molecular formula is C47H58N10O5S. The first-order chi connectivity index (χ1) is 30.2. The Hall–Kier alpha value is -5.71. The number of nitrogens with zero attached hydrogens (tertiary/aromatic N) is 7. The highest BCUT2D eigenvalue weighted by Crippen LogP contribution is 2.36. The molecule has 2 saturated heterocycles. The maximum atomic E-state index is 14.3. The van der Waals surface area contributed by atoms with Gasteiger partial charge in [-0.3, -0.25) is 19.1 Å². The Morgan fingerprint density at radius 3 is 2.33 bits per heavy atom. The summed E-state index contributed by atoms with van der Waals surface area (Å²) in [6.45, 7) is 9.89. The van der Waals surface area contributed by atoms with Gasteiger partial charge in [-0.05, 0) is 80.2 Å². The average Bonchev–Trinajstić information content (AvgIpc) is 4.05. The third-order valence-corrected chi connectivity index (χ3v) is 14.0. The van der Waals surface area contributed by atoms with E-state index in [0.717, 1.165) is 78.9 Å². The molecule has 3 amide bonds. The van der Waals surface area contributed by atoms with Crippen LogP contribution in [-0.4, -0.2) is 107 Å². The maximum Gasteiger partial charge on any atom is 0.246 e. The van der Waals surface area contributed by atoms with Gasteiger partial charge >= 0.3 is 0 Å². The summed E-state index contributed by atoms with van der Waals surface area (Å²) in [4.78, 5) is 51.1.